The van der Waals surface area contributed by atoms with E-state index in [1.54, 1.807) is 0 Å². The zero-order chi connectivity index (χ0) is 16.9. The van der Waals surface area contributed by atoms with Crippen molar-refractivity contribution in [1.29, 1.82) is 0 Å². The molecule has 0 saturated carbocycles. The Labute approximate surface area is 143 Å². The Hall–Kier alpha value is -2.61. The summed E-state index contributed by atoms with van der Waals surface area (Å²) in [4.78, 5) is 6.98. The minimum Gasteiger partial charge on any atom is -0.347 e. The third kappa shape index (κ3) is 2.06. The van der Waals surface area contributed by atoms with E-state index in [0.717, 1.165) is 11.4 Å². The van der Waals surface area contributed by atoms with Crippen molar-refractivity contribution < 1.29 is 0 Å². The fraction of sp³-hybridized carbons (Fsp3) is 0.227. The Kier molecular flexibility index (Phi) is 3.24. The predicted molar refractivity (Wildman–Crippen MR) is 103 cm³/mol. The molecule has 0 amide bonds. The summed E-state index contributed by atoms with van der Waals surface area (Å²) >= 11 is 0. The van der Waals surface area contributed by atoms with E-state index in [-0.39, 0.29) is 5.41 Å². The Bertz CT molecular complexity index is 913. The Morgan fingerprint density at radius 3 is 2.46 bits per heavy atom. The number of benzene rings is 2. The van der Waals surface area contributed by atoms with Gasteiger partial charge in [0, 0.05) is 40.7 Å². The van der Waals surface area contributed by atoms with Crippen molar-refractivity contribution in [2.75, 3.05) is 11.9 Å². The molecule has 2 heteroatoms. The lowest BCUT2D eigenvalue weighted by molar-refractivity contribution is 0.640. The molecule has 24 heavy (non-hydrogen) atoms. The van der Waals surface area contributed by atoms with Crippen LogP contribution in [0.4, 0.5) is 11.4 Å². The molecule has 4 rings (SSSR count). The third-order valence-corrected chi connectivity index (χ3v) is 5.22. The minimum absolute atomic E-state index is 0.00553. The van der Waals surface area contributed by atoms with Gasteiger partial charge in [-0.25, -0.2) is 0 Å². The fourth-order valence-corrected chi connectivity index (χ4v) is 3.91. The maximum absolute atomic E-state index is 4.68. The Balaban J connectivity index is 1.80. The summed E-state index contributed by atoms with van der Waals surface area (Å²) < 4.78 is 0. The van der Waals surface area contributed by atoms with Gasteiger partial charge in [0.2, 0.25) is 0 Å². The Morgan fingerprint density at radius 2 is 1.67 bits per heavy atom. The average molecular weight is 314 g/mol. The van der Waals surface area contributed by atoms with Crippen LogP contribution >= 0.6 is 0 Å². The van der Waals surface area contributed by atoms with Crippen LogP contribution in [-0.4, -0.2) is 12.8 Å². The number of nitrogens with zero attached hydrogens (tertiary/aromatic N) is 2. The number of para-hydroxylation sites is 2. The van der Waals surface area contributed by atoms with E-state index in [2.05, 4.69) is 92.3 Å². The van der Waals surface area contributed by atoms with Crippen molar-refractivity contribution in [1.82, 2.24) is 0 Å². The lowest BCUT2D eigenvalue weighted by atomic mass is 9.83. The lowest BCUT2D eigenvalue weighted by Gasteiger charge is -2.23. The topological polar surface area (TPSA) is 15.6 Å². The molecule has 0 atom stereocenters. The predicted octanol–water partition coefficient (Wildman–Crippen LogP) is 5.49. The third-order valence-electron chi connectivity index (χ3n) is 5.22. The molecule has 2 heterocycles. The van der Waals surface area contributed by atoms with Gasteiger partial charge in [0.1, 0.15) is 0 Å². The molecule has 0 saturated heterocycles. The highest BCUT2D eigenvalue weighted by Crippen LogP contribution is 2.46. The monoisotopic (exact) mass is 314 g/mol. The fourth-order valence-electron chi connectivity index (χ4n) is 3.91. The zero-order valence-electron chi connectivity index (χ0n) is 14.7. The number of anilines is 1. The second-order valence-corrected chi connectivity index (χ2v) is 7.05. The van der Waals surface area contributed by atoms with Crippen LogP contribution in [0.2, 0.25) is 0 Å². The number of hydrogen-bond acceptors (Lipinski definition) is 2. The first-order valence-electron chi connectivity index (χ1n) is 8.41. The largest absolute Gasteiger partial charge is 0.347 e. The zero-order valence-corrected chi connectivity index (χ0v) is 14.7. The van der Waals surface area contributed by atoms with Crippen LogP contribution in [-0.2, 0) is 5.41 Å². The lowest BCUT2D eigenvalue weighted by Crippen LogP contribution is -2.22. The minimum atomic E-state index is 0.00553. The van der Waals surface area contributed by atoms with E-state index in [1.165, 1.54) is 28.1 Å². The van der Waals surface area contributed by atoms with Gasteiger partial charge in [-0.1, -0.05) is 56.3 Å². The highest BCUT2D eigenvalue weighted by Gasteiger charge is 2.37. The number of hydrogen-bond donors (Lipinski definition) is 0. The molecule has 2 nitrogen and oxygen atoms in total. The van der Waals surface area contributed by atoms with Gasteiger partial charge in [-0.05, 0) is 30.7 Å². The Morgan fingerprint density at radius 1 is 0.958 bits per heavy atom. The van der Waals surface area contributed by atoms with E-state index in [1.807, 2.05) is 6.07 Å². The summed E-state index contributed by atoms with van der Waals surface area (Å²) in [5.74, 6) is 0. The second kappa shape index (κ2) is 5.20. The summed E-state index contributed by atoms with van der Waals surface area (Å²) in [5.41, 5.74) is 8.60. The van der Waals surface area contributed by atoms with Crippen LogP contribution in [0.1, 0.15) is 31.9 Å². The van der Waals surface area contributed by atoms with Crippen LogP contribution in [0, 0.1) is 0 Å². The van der Waals surface area contributed by atoms with Crippen LogP contribution in [0.3, 0.4) is 0 Å². The van der Waals surface area contributed by atoms with E-state index < -0.39 is 0 Å². The molecule has 0 bridgehead atoms. The molecule has 2 aromatic carbocycles. The molecule has 120 valence electrons. The van der Waals surface area contributed by atoms with Gasteiger partial charge in [-0.2, -0.15) is 0 Å². The van der Waals surface area contributed by atoms with Crippen LogP contribution < -0.4 is 4.90 Å². The van der Waals surface area contributed by atoms with Crippen molar-refractivity contribution in [3.05, 3.63) is 77.5 Å². The maximum atomic E-state index is 4.68. The molecule has 0 spiro atoms. The van der Waals surface area contributed by atoms with Crippen molar-refractivity contribution in [3.63, 3.8) is 0 Å². The summed E-state index contributed by atoms with van der Waals surface area (Å²) in [6.45, 7) is 6.68. The van der Waals surface area contributed by atoms with Gasteiger partial charge < -0.3 is 4.90 Å². The number of fused-ring (bicyclic) bond motifs is 2. The molecule has 0 aromatic heterocycles. The van der Waals surface area contributed by atoms with Gasteiger partial charge in [0.05, 0.1) is 5.69 Å². The van der Waals surface area contributed by atoms with Crippen molar-refractivity contribution in [3.8, 4) is 0 Å². The highest BCUT2D eigenvalue weighted by molar-refractivity contribution is 6.28. The molecular formula is C22H22N2. The standard InChI is InChI=1S/C22H22N2/c1-15-16(17-9-5-7-11-19(17)23-15)13-14-21-22(2,3)18-10-6-8-12-20(18)24(21)4/h5-14H,1-4H3/b16-13+,21-14+. The van der Waals surface area contributed by atoms with Crippen molar-refractivity contribution in [2.45, 2.75) is 26.2 Å². The van der Waals surface area contributed by atoms with Gasteiger partial charge in [-0.15, -0.1) is 0 Å². The number of likely N-dealkylation sites (N-methyl/N-ethyl adjacent to an activating group) is 1. The molecular weight excluding hydrogens is 292 g/mol. The van der Waals surface area contributed by atoms with Gasteiger partial charge in [0.25, 0.3) is 0 Å². The number of rotatable bonds is 1. The molecule has 2 aromatic rings. The molecule has 0 N–H and O–H groups in total. The van der Waals surface area contributed by atoms with E-state index in [9.17, 15) is 0 Å². The number of aliphatic imine (C=N–C) groups is 1. The molecule has 2 aliphatic rings. The number of allylic oxidation sites excluding steroid dienone is 4. The summed E-state index contributed by atoms with van der Waals surface area (Å²) in [6.07, 6.45) is 4.49. The van der Waals surface area contributed by atoms with Gasteiger partial charge in [0.15, 0.2) is 0 Å². The van der Waals surface area contributed by atoms with Gasteiger partial charge in [-0.3, -0.25) is 4.99 Å². The first-order valence-corrected chi connectivity index (χ1v) is 8.41. The van der Waals surface area contributed by atoms with E-state index in [0.29, 0.717) is 0 Å². The van der Waals surface area contributed by atoms with Gasteiger partial charge >= 0.3 is 0 Å². The first-order chi connectivity index (χ1) is 11.5. The molecule has 0 radical (unpaired) electrons. The smallest absolute Gasteiger partial charge is 0.0712 e. The van der Waals surface area contributed by atoms with E-state index >= 15 is 0 Å². The van der Waals surface area contributed by atoms with Crippen LogP contribution in [0.15, 0.2) is 71.4 Å². The van der Waals surface area contributed by atoms with Crippen LogP contribution in [0.25, 0.3) is 5.57 Å². The molecule has 0 unspecified atom stereocenters. The average Bonchev–Trinajstić information content (AvgIpc) is 2.99. The SMILES string of the molecule is CC1=Nc2ccccc2/C1=C/C=C1/N(C)c2ccccc2C1(C)C. The first kappa shape index (κ1) is 14.9. The molecule has 0 fully saturated rings. The van der Waals surface area contributed by atoms with Crippen molar-refractivity contribution >= 4 is 22.7 Å². The summed E-state index contributed by atoms with van der Waals surface area (Å²) in [5, 5.41) is 0. The quantitative estimate of drug-likeness (QED) is 0.680. The summed E-state index contributed by atoms with van der Waals surface area (Å²) in [6, 6.07) is 17.0. The normalized spacial score (nSPS) is 21.2. The van der Waals surface area contributed by atoms with E-state index in [4.69, 9.17) is 0 Å². The van der Waals surface area contributed by atoms with Crippen LogP contribution in [0.5, 0.6) is 0 Å². The maximum Gasteiger partial charge on any atom is 0.0712 e. The summed E-state index contributed by atoms with van der Waals surface area (Å²) in [7, 11) is 2.15. The molecule has 2 aliphatic heterocycles. The molecule has 0 aliphatic carbocycles. The second-order valence-electron chi connectivity index (χ2n) is 7.05. The van der Waals surface area contributed by atoms with Crippen molar-refractivity contribution in [2.24, 2.45) is 4.99 Å². The highest BCUT2D eigenvalue weighted by atomic mass is 15.2.